The summed E-state index contributed by atoms with van der Waals surface area (Å²) in [6.45, 7) is 0.145. The minimum Gasteiger partial charge on any atom is -0.324 e. The Kier molecular flexibility index (Phi) is 4.44. The zero-order chi connectivity index (χ0) is 18.6. The van der Waals surface area contributed by atoms with Gasteiger partial charge in [-0.25, -0.2) is 9.36 Å². The molecule has 1 amide bonds. The Hall–Kier alpha value is -3.81. The Balaban J connectivity index is 1.49. The van der Waals surface area contributed by atoms with E-state index >= 15 is 0 Å². The number of hydrogen-bond acceptors (Lipinski definition) is 5. The number of anilines is 1. The molecule has 1 N–H and O–H groups in total. The van der Waals surface area contributed by atoms with Gasteiger partial charge in [0.2, 0.25) is 5.91 Å². The van der Waals surface area contributed by atoms with E-state index in [1.807, 2.05) is 24.3 Å². The summed E-state index contributed by atoms with van der Waals surface area (Å²) in [5, 5.41) is 15.5. The van der Waals surface area contributed by atoms with Gasteiger partial charge in [-0.05, 0) is 30.3 Å². The van der Waals surface area contributed by atoms with Gasteiger partial charge in [-0.2, -0.15) is 5.10 Å². The first-order valence-electron chi connectivity index (χ1n) is 8.44. The molecule has 0 atom stereocenters. The van der Waals surface area contributed by atoms with Gasteiger partial charge in [0.25, 0.3) is 5.56 Å². The fraction of sp³-hybridized carbons (Fsp3) is 0.105. The van der Waals surface area contributed by atoms with Gasteiger partial charge in [-0.15, -0.1) is 5.10 Å². The van der Waals surface area contributed by atoms with Crippen molar-refractivity contribution in [2.24, 2.45) is 0 Å². The van der Waals surface area contributed by atoms with Crippen LogP contribution in [0.1, 0.15) is 6.42 Å². The molecule has 0 aliphatic carbocycles. The van der Waals surface area contributed by atoms with Crippen LogP contribution in [0.25, 0.3) is 16.6 Å². The van der Waals surface area contributed by atoms with Gasteiger partial charge in [0, 0.05) is 18.8 Å². The second-order valence-corrected chi connectivity index (χ2v) is 5.90. The minimum absolute atomic E-state index is 0.0976. The van der Waals surface area contributed by atoms with E-state index in [-0.39, 0.29) is 24.4 Å². The highest BCUT2D eigenvalue weighted by molar-refractivity contribution is 5.92. The van der Waals surface area contributed by atoms with Crippen LogP contribution < -0.4 is 10.9 Å². The molecule has 0 spiro atoms. The van der Waals surface area contributed by atoms with Crippen LogP contribution in [0.5, 0.6) is 0 Å². The first-order chi connectivity index (χ1) is 13.2. The predicted molar refractivity (Wildman–Crippen MR) is 101 cm³/mol. The summed E-state index contributed by atoms with van der Waals surface area (Å²) in [4.78, 5) is 24.8. The second-order valence-electron chi connectivity index (χ2n) is 5.90. The molecule has 2 aromatic carbocycles. The number of hydrogen-bond donors (Lipinski definition) is 1. The molecule has 8 heteroatoms. The molecular formula is C19H16N6O2. The minimum atomic E-state index is -0.259. The number of aryl methyl sites for hydroxylation is 1. The SMILES string of the molecule is O=C(CCn1nnc2ccccc2c1=O)Nc1ccccc1-n1cccn1. The van der Waals surface area contributed by atoms with Crippen LogP contribution in [0.2, 0.25) is 0 Å². The summed E-state index contributed by atoms with van der Waals surface area (Å²) in [6, 6.07) is 16.2. The van der Waals surface area contributed by atoms with Gasteiger partial charge in [-0.1, -0.05) is 29.5 Å². The number of carbonyl (C=O) groups excluding carboxylic acids is 1. The number of rotatable bonds is 5. The van der Waals surface area contributed by atoms with Gasteiger partial charge < -0.3 is 5.32 Å². The van der Waals surface area contributed by atoms with Gasteiger partial charge in [0.05, 0.1) is 23.3 Å². The molecular weight excluding hydrogens is 344 g/mol. The zero-order valence-electron chi connectivity index (χ0n) is 14.3. The van der Waals surface area contributed by atoms with Crippen LogP contribution >= 0.6 is 0 Å². The summed E-state index contributed by atoms with van der Waals surface area (Å²) in [5.41, 5.74) is 1.68. The summed E-state index contributed by atoms with van der Waals surface area (Å²) in [6.07, 6.45) is 3.57. The molecule has 0 aliphatic rings. The van der Waals surface area contributed by atoms with Crippen molar-refractivity contribution in [3.63, 3.8) is 0 Å². The fourth-order valence-corrected chi connectivity index (χ4v) is 2.78. The van der Waals surface area contributed by atoms with E-state index in [2.05, 4.69) is 20.7 Å². The number of benzene rings is 2. The Labute approximate surface area is 154 Å². The van der Waals surface area contributed by atoms with Crippen LogP contribution in [0.15, 0.2) is 71.8 Å². The number of nitrogens with one attached hydrogen (secondary N) is 1. The van der Waals surface area contributed by atoms with Gasteiger partial charge >= 0.3 is 0 Å². The lowest BCUT2D eigenvalue weighted by atomic mass is 10.2. The van der Waals surface area contributed by atoms with Crippen molar-refractivity contribution in [2.75, 3.05) is 5.32 Å². The third-order valence-corrected chi connectivity index (χ3v) is 4.11. The quantitative estimate of drug-likeness (QED) is 0.587. The highest BCUT2D eigenvalue weighted by atomic mass is 16.2. The second kappa shape index (κ2) is 7.20. The number of nitrogens with zero attached hydrogens (tertiary/aromatic N) is 5. The molecule has 0 unspecified atom stereocenters. The predicted octanol–water partition coefficient (Wildman–Crippen LogP) is 2.01. The van der Waals surface area contributed by atoms with E-state index in [4.69, 9.17) is 0 Å². The zero-order valence-corrected chi connectivity index (χ0v) is 14.3. The third kappa shape index (κ3) is 3.45. The van der Waals surface area contributed by atoms with Crippen molar-refractivity contribution in [3.05, 3.63) is 77.3 Å². The molecule has 4 rings (SSSR count). The highest BCUT2D eigenvalue weighted by Gasteiger charge is 2.10. The molecule has 2 heterocycles. The smallest absolute Gasteiger partial charge is 0.277 e. The van der Waals surface area contributed by atoms with Crippen molar-refractivity contribution in [1.29, 1.82) is 0 Å². The van der Waals surface area contributed by atoms with E-state index in [9.17, 15) is 9.59 Å². The Morgan fingerprint density at radius 1 is 1.04 bits per heavy atom. The standard InChI is InChI=1S/C19H16N6O2/c26-18(21-16-8-3-4-9-17(16)24-12-5-11-20-24)10-13-25-19(27)14-6-1-2-7-15(14)22-23-25/h1-9,11-12H,10,13H2,(H,21,26). The molecule has 4 aromatic rings. The van der Waals surface area contributed by atoms with E-state index in [0.29, 0.717) is 16.6 Å². The molecule has 2 aromatic heterocycles. The lowest BCUT2D eigenvalue weighted by Gasteiger charge is -2.11. The van der Waals surface area contributed by atoms with Crippen LogP contribution in [0.3, 0.4) is 0 Å². The molecule has 0 aliphatic heterocycles. The summed E-state index contributed by atoms with van der Waals surface area (Å²) < 4.78 is 2.89. The highest BCUT2D eigenvalue weighted by Crippen LogP contribution is 2.19. The topological polar surface area (TPSA) is 94.7 Å². The summed E-state index contributed by atoms with van der Waals surface area (Å²) >= 11 is 0. The van der Waals surface area contributed by atoms with Crippen molar-refractivity contribution < 1.29 is 4.79 Å². The first-order valence-corrected chi connectivity index (χ1v) is 8.44. The largest absolute Gasteiger partial charge is 0.324 e. The third-order valence-electron chi connectivity index (χ3n) is 4.11. The van der Waals surface area contributed by atoms with Crippen molar-refractivity contribution in [3.8, 4) is 5.69 Å². The lowest BCUT2D eigenvalue weighted by molar-refractivity contribution is -0.116. The van der Waals surface area contributed by atoms with Crippen LogP contribution in [0.4, 0.5) is 5.69 Å². The number of amides is 1. The number of para-hydroxylation sites is 2. The maximum absolute atomic E-state index is 12.4. The van der Waals surface area contributed by atoms with E-state index in [0.717, 1.165) is 5.69 Å². The molecule has 0 saturated carbocycles. The molecule has 0 bridgehead atoms. The molecule has 27 heavy (non-hydrogen) atoms. The van der Waals surface area contributed by atoms with Gasteiger partial charge in [0.15, 0.2) is 0 Å². The molecule has 0 radical (unpaired) electrons. The van der Waals surface area contributed by atoms with Crippen LogP contribution in [0, 0.1) is 0 Å². The average Bonchev–Trinajstić information content (AvgIpc) is 3.23. The normalized spacial score (nSPS) is 10.8. The first kappa shape index (κ1) is 16.6. The Morgan fingerprint density at radius 3 is 2.70 bits per heavy atom. The molecule has 8 nitrogen and oxygen atoms in total. The Bertz CT molecular complexity index is 1150. The number of fused-ring (bicyclic) bond motifs is 1. The Morgan fingerprint density at radius 2 is 1.85 bits per heavy atom. The number of aromatic nitrogens is 5. The molecule has 0 saturated heterocycles. The van der Waals surface area contributed by atoms with Gasteiger partial charge in [-0.3, -0.25) is 9.59 Å². The molecule has 0 fully saturated rings. The average molecular weight is 360 g/mol. The van der Waals surface area contributed by atoms with E-state index < -0.39 is 0 Å². The van der Waals surface area contributed by atoms with Crippen molar-refractivity contribution in [1.82, 2.24) is 24.8 Å². The van der Waals surface area contributed by atoms with Crippen molar-refractivity contribution in [2.45, 2.75) is 13.0 Å². The monoisotopic (exact) mass is 360 g/mol. The number of carbonyl (C=O) groups is 1. The molecule has 134 valence electrons. The summed E-state index contributed by atoms with van der Waals surface area (Å²) in [7, 11) is 0. The van der Waals surface area contributed by atoms with Crippen LogP contribution in [-0.2, 0) is 11.3 Å². The lowest BCUT2D eigenvalue weighted by Crippen LogP contribution is -2.26. The maximum Gasteiger partial charge on any atom is 0.277 e. The maximum atomic E-state index is 12.4. The summed E-state index contributed by atoms with van der Waals surface area (Å²) in [5.74, 6) is -0.225. The fourth-order valence-electron chi connectivity index (χ4n) is 2.78. The van der Waals surface area contributed by atoms with Gasteiger partial charge in [0.1, 0.15) is 5.52 Å². The van der Waals surface area contributed by atoms with E-state index in [1.54, 1.807) is 47.4 Å². The van der Waals surface area contributed by atoms with Crippen LogP contribution in [-0.4, -0.2) is 30.7 Å². The van der Waals surface area contributed by atoms with Crippen molar-refractivity contribution >= 4 is 22.5 Å². The van der Waals surface area contributed by atoms with E-state index in [1.165, 1.54) is 4.68 Å².